The van der Waals surface area contributed by atoms with E-state index >= 15 is 0 Å². The third kappa shape index (κ3) is 4.32. The van der Waals surface area contributed by atoms with E-state index in [4.69, 9.17) is 9.72 Å². The molecule has 0 spiro atoms. The van der Waals surface area contributed by atoms with Gasteiger partial charge in [-0.2, -0.15) is 13.2 Å². The van der Waals surface area contributed by atoms with Crippen LogP contribution >= 0.6 is 0 Å². The molecule has 5 aromatic rings. The SMILES string of the molecule is COc1ncnc(C2CC2)c1-c1nc2c(Cc3ccc(-c4nc(C(F)(F)F)cn4C)cc3)cccc2[nH]1. The molecule has 3 heterocycles. The Morgan fingerprint density at radius 3 is 2.51 bits per heavy atom. The maximum absolute atomic E-state index is 13.0. The summed E-state index contributed by atoms with van der Waals surface area (Å²) in [6, 6.07) is 13.4. The predicted molar refractivity (Wildman–Crippen MR) is 132 cm³/mol. The van der Waals surface area contributed by atoms with Crippen molar-refractivity contribution in [2.75, 3.05) is 7.11 Å². The van der Waals surface area contributed by atoms with Gasteiger partial charge in [-0.1, -0.05) is 36.4 Å². The molecule has 0 radical (unpaired) electrons. The molecule has 1 aliphatic carbocycles. The number of alkyl halides is 3. The molecule has 0 bridgehead atoms. The Bertz CT molecular complexity index is 1600. The highest BCUT2D eigenvalue weighted by molar-refractivity contribution is 5.84. The van der Waals surface area contributed by atoms with Crippen molar-refractivity contribution >= 4 is 11.0 Å². The van der Waals surface area contributed by atoms with Crippen LogP contribution in [0.3, 0.4) is 0 Å². The van der Waals surface area contributed by atoms with Gasteiger partial charge in [0, 0.05) is 24.7 Å². The number of rotatable bonds is 6. The summed E-state index contributed by atoms with van der Waals surface area (Å²) in [6.07, 6.45) is 0.832. The van der Waals surface area contributed by atoms with Crippen LogP contribution in [-0.2, 0) is 19.6 Å². The van der Waals surface area contributed by atoms with Gasteiger partial charge >= 0.3 is 6.18 Å². The Balaban J connectivity index is 1.32. The van der Waals surface area contributed by atoms with Crippen molar-refractivity contribution in [2.45, 2.75) is 31.4 Å². The Morgan fingerprint density at radius 2 is 1.84 bits per heavy atom. The first-order valence-corrected chi connectivity index (χ1v) is 11.9. The highest BCUT2D eigenvalue weighted by Gasteiger charge is 2.34. The number of imidazole rings is 2. The summed E-state index contributed by atoms with van der Waals surface area (Å²) in [5, 5.41) is 0. The molecule has 3 aromatic heterocycles. The van der Waals surface area contributed by atoms with Crippen LogP contribution in [0.4, 0.5) is 13.2 Å². The highest BCUT2D eigenvalue weighted by Crippen LogP contribution is 2.45. The van der Waals surface area contributed by atoms with E-state index in [1.807, 2.05) is 30.3 Å². The number of nitrogens with zero attached hydrogens (tertiary/aromatic N) is 5. The van der Waals surface area contributed by atoms with Crippen molar-refractivity contribution in [3.8, 4) is 28.7 Å². The molecule has 0 amide bonds. The molecule has 0 atom stereocenters. The van der Waals surface area contributed by atoms with Crippen molar-refractivity contribution in [3.63, 3.8) is 0 Å². The van der Waals surface area contributed by atoms with Gasteiger partial charge in [0.25, 0.3) is 0 Å². The van der Waals surface area contributed by atoms with E-state index in [0.717, 1.165) is 52.5 Å². The number of hydrogen-bond acceptors (Lipinski definition) is 5. The summed E-state index contributed by atoms with van der Waals surface area (Å²) in [4.78, 5) is 20.9. The normalized spacial score (nSPS) is 13.9. The molecular weight excluding hydrogens is 481 g/mol. The molecule has 0 saturated heterocycles. The Morgan fingerprint density at radius 1 is 1.05 bits per heavy atom. The zero-order chi connectivity index (χ0) is 25.7. The number of H-pyrrole nitrogens is 1. The minimum absolute atomic E-state index is 0.267. The van der Waals surface area contributed by atoms with E-state index in [2.05, 4.69) is 19.9 Å². The first-order valence-electron chi connectivity index (χ1n) is 11.9. The summed E-state index contributed by atoms with van der Waals surface area (Å²) in [5.74, 6) is 1.83. The number of fused-ring (bicyclic) bond motifs is 1. The number of aryl methyl sites for hydroxylation is 1. The van der Waals surface area contributed by atoms with Crippen LogP contribution in [0.5, 0.6) is 5.88 Å². The number of aromatic amines is 1. The lowest BCUT2D eigenvalue weighted by molar-refractivity contribution is -0.140. The van der Waals surface area contributed by atoms with E-state index in [-0.39, 0.29) is 5.82 Å². The second kappa shape index (κ2) is 8.72. The molecule has 37 heavy (non-hydrogen) atoms. The van der Waals surface area contributed by atoms with Gasteiger partial charge in [0.2, 0.25) is 5.88 Å². The fourth-order valence-electron chi connectivity index (χ4n) is 4.64. The van der Waals surface area contributed by atoms with Gasteiger partial charge in [0.05, 0.1) is 23.8 Å². The molecule has 1 saturated carbocycles. The van der Waals surface area contributed by atoms with Gasteiger partial charge in [-0.05, 0) is 36.5 Å². The Kier molecular flexibility index (Phi) is 5.47. The van der Waals surface area contributed by atoms with E-state index < -0.39 is 11.9 Å². The van der Waals surface area contributed by atoms with Crippen LogP contribution in [-0.4, -0.2) is 36.6 Å². The second-order valence-corrected chi connectivity index (χ2v) is 9.25. The molecule has 2 aromatic carbocycles. The molecule has 1 aliphatic rings. The third-order valence-corrected chi connectivity index (χ3v) is 6.61. The number of aromatic nitrogens is 6. The van der Waals surface area contributed by atoms with Gasteiger partial charge < -0.3 is 14.3 Å². The van der Waals surface area contributed by atoms with Crippen LogP contribution in [0, 0.1) is 0 Å². The van der Waals surface area contributed by atoms with E-state index in [1.165, 1.54) is 10.9 Å². The fraction of sp³-hybridized carbons (Fsp3) is 0.259. The lowest BCUT2D eigenvalue weighted by Gasteiger charge is -2.09. The van der Waals surface area contributed by atoms with Crippen molar-refractivity contribution in [3.05, 3.63) is 77.5 Å². The molecule has 0 unspecified atom stereocenters. The first kappa shape index (κ1) is 23.2. The molecular formula is C27H23F3N6O. The lowest BCUT2D eigenvalue weighted by Crippen LogP contribution is -2.04. The number of benzene rings is 2. The Hall–Kier alpha value is -4.21. The van der Waals surface area contributed by atoms with E-state index in [0.29, 0.717) is 29.6 Å². The molecule has 7 nitrogen and oxygen atoms in total. The van der Waals surface area contributed by atoms with Crippen LogP contribution in [0.25, 0.3) is 33.8 Å². The molecule has 1 N–H and O–H groups in total. The zero-order valence-electron chi connectivity index (χ0n) is 20.2. The Labute approximate surface area is 210 Å². The summed E-state index contributed by atoms with van der Waals surface area (Å²) in [7, 11) is 3.15. The van der Waals surface area contributed by atoms with E-state index in [1.54, 1.807) is 26.3 Å². The van der Waals surface area contributed by atoms with Crippen molar-refractivity contribution in [1.29, 1.82) is 0 Å². The number of ether oxygens (including phenoxy) is 1. The summed E-state index contributed by atoms with van der Waals surface area (Å²) in [6.45, 7) is 0. The highest BCUT2D eigenvalue weighted by atomic mass is 19.4. The maximum Gasteiger partial charge on any atom is 0.434 e. The number of halogens is 3. The monoisotopic (exact) mass is 504 g/mol. The van der Waals surface area contributed by atoms with Gasteiger partial charge in [-0.15, -0.1) is 0 Å². The van der Waals surface area contributed by atoms with Crippen LogP contribution in [0.2, 0.25) is 0 Å². The molecule has 6 rings (SSSR count). The number of nitrogens with one attached hydrogen (secondary N) is 1. The largest absolute Gasteiger partial charge is 0.480 e. The molecule has 10 heteroatoms. The zero-order valence-corrected chi connectivity index (χ0v) is 20.2. The van der Waals surface area contributed by atoms with Gasteiger partial charge in [0.15, 0.2) is 5.69 Å². The summed E-state index contributed by atoms with van der Waals surface area (Å²) >= 11 is 0. The van der Waals surface area contributed by atoms with Crippen molar-refractivity contribution in [1.82, 2.24) is 29.5 Å². The minimum Gasteiger partial charge on any atom is -0.480 e. The predicted octanol–water partition coefficient (Wildman–Crippen LogP) is 5.92. The first-order chi connectivity index (χ1) is 17.8. The van der Waals surface area contributed by atoms with Crippen LogP contribution in [0.1, 0.15) is 41.3 Å². The minimum atomic E-state index is -4.48. The van der Waals surface area contributed by atoms with E-state index in [9.17, 15) is 13.2 Å². The average molecular weight is 505 g/mol. The van der Waals surface area contributed by atoms with Crippen molar-refractivity contribution in [2.24, 2.45) is 7.05 Å². The standard InChI is InChI=1S/C27H23F3N6O/c1-36-13-20(27(28,29)30)34-25(36)17-8-6-15(7-9-17)12-18-4-3-5-19-22(18)35-24(33-19)21-23(16-10-11-16)31-14-32-26(21)37-2/h3-9,13-14,16H,10-12H2,1-2H3,(H,33,35). The van der Waals surface area contributed by atoms with Crippen LogP contribution < -0.4 is 4.74 Å². The lowest BCUT2D eigenvalue weighted by atomic mass is 10.0. The molecule has 1 fully saturated rings. The number of para-hydroxylation sites is 1. The topological polar surface area (TPSA) is 81.5 Å². The van der Waals surface area contributed by atoms with Crippen LogP contribution in [0.15, 0.2) is 55.0 Å². The van der Waals surface area contributed by atoms with Gasteiger partial charge in [0.1, 0.15) is 23.5 Å². The maximum atomic E-state index is 13.0. The van der Waals surface area contributed by atoms with Gasteiger partial charge in [-0.25, -0.2) is 19.9 Å². The summed E-state index contributed by atoms with van der Waals surface area (Å²) in [5.41, 5.74) is 5.22. The molecule has 0 aliphatic heterocycles. The smallest absolute Gasteiger partial charge is 0.434 e. The van der Waals surface area contributed by atoms with Gasteiger partial charge in [-0.3, -0.25) is 0 Å². The third-order valence-electron chi connectivity index (χ3n) is 6.61. The number of methoxy groups -OCH3 is 1. The summed E-state index contributed by atoms with van der Waals surface area (Å²) < 4.78 is 46.1. The van der Waals surface area contributed by atoms with Crippen molar-refractivity contribution < 1.29 is 17.9 Å². The number of hydrogen-bond donors (Lipinski definition) is 1. The average Bonchev–Trinajstić information content (AvgIpc) is 3.51. The fourth-order valence-corrected chi connectivity index (χ4v) is 4.64. The second-order valence-electron chi connectivity index (χ2n) is 9.25. The quantitative estimate of drug-likeness (QED) is 0.311. The molecule has 188 valence electrons.